The number of ether oxygens (including phenoxy) is 2. The molecule has 0 amide bonds. The van der Waals surface area contributed by atoms with Gasteiger partial charge in [0.2, 0.25) is 0 Å². The van der Waals surface area contributed by atoms with Gasteiger partial charge in [-0.1, -0.05) is 0 Å². The Morgan fingerprint density at radius 3 is 3.17 bits per heavy atom. The first-order valence-corrected chi connectivity index (χ1v) is 5.80. The largest absolute Gasteiger partial charge is 0.393 e. The van der Waals surface area contributed by atoms with Crippen molar-refractivity contribution < 1.29 is 14.6 Å². The van der Waals surface area contributed by atoms with Crippen LogP contribution < -0.4 is 11.4 Å². The summed E-state index contributed by atoms with van der Waals surface area (Å²) in [6.45, 7) is 2.02. The van der Waals surface area contributed by atoms with E-state index in [4.69, 9.17) is 15.2 Å². The highest BCUT2D eigenvalue weighted by molar-refractivity contribution is 5.35. The van der Waals surface area contributed by atoms with E-state index in [1.165, 1.54) is 4.57 Å². The number of aliphatic hydroxyl groups excluding tert-OH is 1. The van der Waals surface area contributed by atoms with Crippen LogP contribution in [-0.2, 0) is 9.47 Å². The predicted octanol–water partition coefficient (Wildman–Crippen LogP) is -0.817. The monoisotopic (exact) mass is 253 g/mol. The normalized spacial score (nSPS) is 34.1. The molecule has 2 saturated heterocycles. The predicted molar refractivity (Wildman–Crippen MR) is 61.9 cm³/mol. The fourth-order valence-corrected chi connectivity index (χ4v) is 2.49. The number of aliphatic hydroxyl groups is 1. The summed E-state index contributed by atoms with van der Waals surface area (Å²) in [6.07, 6.45) is 1.44. The Morgan fingerprint density at radius 1 is 1.72 bits per heavy atom. The van der Waals surface area contributed by atoms with Gasteiger partial charge in [0.15, 0.2) is 6.23 Å². The van der Waals surface area contributed by atoms with E-state index in [9.17, 15) is 9.90 Å². The maximum atomic E-state index is 11.8. The van der Waals surface area contributed by atoms with Crippen LogP contribution >= 0.6 is 0 Å². The highest BCUT2D eigenvalue weighted by atomic mass is 16.6. The van der Waals surface area contributed by atoms with E-state index in [-0.39, 0.29) is 18.5 Å². The van der Waals surface area contributed by atoms with E-state index in [0.29, 0.717) is 18.6 Å². The number of aryl methyl sites for hydroxylation is 1. The maximum Gasteiger partial charge on any atom is 0.351 e. The van der Waals surface area contributed by atoms with Crippen LogP contribution in [-0.4, -0.2) is 39.6 Å². The third-order valence-corrected chi connectivity index (χ3v) is 3.56. The molecule has 0 radical (unpaired) electrons. The van der Waals surface area contributed by atoms with Gasteiger partial charge < -0.3 is 20.3 Å². The van der Waals surface area contributed by atoms with Crippen LogP contribution in [0.25, 0.3) is 0 Å². The summed E-state index contributed by atoms with van der Waals surface area (Å²) in [7, 11) is 0. The number of rotatable bonds is 2. The number of nitrogens with two attached hydrogens (primary N) is 1. The third-order valence-electron chi connectivity index (χ3n) is 3.56. The van der Waals surface area contributed by atoms with E-state index in [1.54, 1.807) is 13.1 Å². The first-order valence-electron chi connectivity index (χ1n) is 5.80. The van der Waals surface area contributed by atoms with Crippen molar-refractivity contribution in [3.05, 3.63) is 22.2 Å². The minimum absolute atomic E-state index is 0.115. The van der Waals surface area contributed by atoms with Crippen molar-refractivity contribution in [2.24, 2.45) is 0 Å². The van der Waals surface area contributed by atoms with Crippen molar-refractivity contribution in [2.75, 3.05) is 18.9 Å². The highest BCUT2D eigenvalue weighted by Gasteiger charge is 2.54. The summed E-state index contributed by atoms with van der Waals surface area (Å²) in [4.78, 5) is 15.6. The average molecular weight is 253 g/mol. The van der Waals surface area contributed by atoms with E-state index < -0.39 is 17.5 Å². The lowest BCUT2D eigenvalue weighted by Crippen LogP contribution is -2.41. The van der Waals surface area contributed by atoms with E-state index >= 15 is 0 Å². The molecule has 2 aliphatic rings. The first kappa shape index (κ1) is 11.6. The molecule has 2 fully saturated rings. The minimum Gasteiger partial charge on any atom is -0.393 e. The van der Waals surface area contributed by atoms with Crippen molar-refractivity contribution in [3.8, 4) is 0 Å². The molecular formula is C11H15N3O4. The molecule has 0 aromatic carbocycles. The number of nitrogen functional groups attached to an aromatic ring is 1. The van der Waals surface area contributed by atoms with Crippen molar-refractivity contribution in [1.82, 2.24) is 9.55 Å². The smallest absolute Gasteiger partial charge is 0.351 e. The van der Waals surface area contributed by atoms with Crippen LogP contribution in [0.3, 0.4) is 0 Å². The molecule has 3 atom stereocenters. The lowest BCUT2D eigenvalue weighted by Gasteiger charge is -2.30. The van der Waals surface area contributed by atoms with Crippen LogP contribution in [0.1, 0.15) is 18.2 Å². The zero-order valence-electron chi connectivity index (χ0n) is 10.00. The van der Waals surface area contributed by atoms with E-state index in [1.807, 2.05) is 0 Å². The zero-order chi connectivity index (χ0) is 12.9. The molecule has 3 heterocycles. The Bertz CT molecular complexity index is 544. The number of aromatic nitrogens is 2. The molecule has 7 heteroatoms. The van der Waals surface area contributed by atoms with Crippen LogP contribution in [0.5, 0.6) is 0 Å². The van der Waals surface area contributed by atoms with Crippen molar-refractivity contribution >= 4 is 5.82 Å². The fourth-order valence-electron chi connectivity index (χ4n) is 2.49. The molecule has 98 valence electrons. The van der Waals surface area contributed by atoms with Crippen molar-refractivity contribution in [1.29, 1.82) is 0 Å². The van der Waals surface area contributed by atoms with Crippen LogP contribution in [0, 0.1) is 6.92 Å². The highest BCUT2D eigenvalue weighted by Crippen LogP contribution is 2.43. The van der Waals surface area contributed by atoms with Gasteiger partial charge in [0.05, 0.1) is 13.2 Å². The fraction of sp³-hybridized carbons (Fsp3) is 0.636. The minimum atomic E-state index is -0.677. The molecule has 0 spiro atoms. The van der Waals surface area contributed by atoms with Gasteiger partial charge in [-0.15, -0.1) is 0 Å². The van der Waals surface area contributed by atoms with Crippen LogP contribution in [0.2, 0.25) is 0 Å². The molecule has 3 N–H and O–H groups in total. The SMILES string of the molecule is Cc1cn([C@@H]2O[C@@]3(CO)COC2C3)c(=O)nc1N. The Morgan fingerprint density at radius 2 is 2.50 bits per heavy atom. The maximum absolute atomic E-state index is 11.8. The Hall–Kier alpha value is -1.44. The summed E-state index contributed by atoms with van der Waals surface area (Å²) in [5.74, 6) is 0.220. The molecule has 2 bridgehead atoms. The summed E-state index contributed by atoms with van der Waals surface area (Å²) in [5, 5.41) is 9.35. The molecule has 18 heavy (non-hydrogen) atoms. The summed E-state index contributed by atoms with van der Waals surface area (Å²) in [6, 6.07) is 0. The quantitative estimate of drug-likeness (QED) is 0.714. The Kier molecular flexibility index (Phi) is 2.44. The van der Waals surface area contributed by atoms with Gasteiger partial charge in [0.25, 0.3) is 0 Å². The van der Waals surface area contributed by atoms with Gasteiger partial charge in [-0.3, -0.25) is 4.57 Å². The lowest BCUT2D eigenvalue weighted by molar-refractivity contribution is -0.184. The number of hydrogen-bond donors (Lipinski definition) is 2. The molecule has 0 saturated carbocycles. The molecule has 3 rings (SSSR count). The van der Waals surface area contributed by atoms with Gasteiger partial charge in [0.1, 0.15) is 17.5 Å². The molecule has 1 aromatic rings. The van der Waals surface area contributed by atoms with Gasteiger partial charge in [-0.2, -0.15) is 4.98 Å². The van der Waals surface area contributed by atoms with E-state index in [2.05, 4.69) is 4.98 Å². The number of anilines is 1. The number of fused-ring (bicyclic) bond motifs is 2. The van der Waals surface area contributed by atoms with Crippen LogP contribution in [0.15, 0.2) is 11.0 Å². The molecule has 1 aromatic heterocycles. The van der Waals surface area contributed by atoms with Crippen LogP contribution in [0.4, 0.5) is 5.82 Å². The lowest BCUT2D eigenvalue weighted by atomic mass is 10.0. The second-order valence-electron chi connectivity index (χ2n) is 4.90. The molecule has 1 unspecified atom stereocenters. The topological polar surface area (TPSA) is 99.6 Å². The van der Waals surface area contributed by atoms with Gasteiger partial charge >= 0.3 is 5.69 Å². The molecule has 0 aliphatic carbocycles. The second kappa shape index (κ2) is 3.78. The van der Waals surface area contributed by atoms with Crippen molar-refractivity contribution in [2.45, 2.75) is 31.3 Å². The molecule has 7 nitrogen and oxygen atoms in total. The Balaban J connectivity index is 1.98. The van der Waals surface area contributed by atoms with E-state index in [0.717, 1.165) is 0 Å². The second-order valence-corrected chi connectivity index (χ2v) is 4.90. The van der Waals surface area contributed by atoms with Gasteiger partial charge in [-0.05, 0) is 6.92 Å². The number of hydrogen-bond acceptors (Lipinski definition) is 6. The molecule has 2 aliphatic heterocycles. The standard InChI is InChI=1S/C11H15N3O4/c1-6-3-14(10(16)13-8(6)12)9-7-2-11(4-15,18-9)5-17-7/h3,7,9,15H,2,4-5H2,1H3,(H2,12,13,16)/t7?,9-,11+/m1/s1. The summed E-state index contributed by atoms with van der Waals surface area (Å²) < 4.78 is 12.7. The summed E-state index contributed by atoms with van der Waals surface area (Å²) in [5.41, 5.74) is 5.15. The van der Waals surface area contributed by atoms with Gasteiger partial charge in [-0.25, -0.2) is 4.79 Å². The first-order chi connectivity index (χ1) is 8.54. The average Bonchev–Trinajstić information content (AvgIpc) is 2.92. The third kappa shape index (κ3) is 1.55. The Labute approximate surface area is 103 Å². The number of nitrogens with zero attached hydrogens (tertiary/aromatic N) is 2. The zero-order valence-corrected chi connectivity index (χ0v) is 10.00. The van der Waals surface area contributed by atoms with Crippen molar-refractivity contribution in [3.63, 3.8) is 0 Å². The van der Waals surface area contributed by atoms with Gasteiger partial charge in [0, 0.05) is 18.2 Å². The molecular weight excluding hydrogens is 238 g/mol. The summed E-state index contributed by atoms with van der Waals surface area (Å²) >= 11 is 0.